The van der Waals surface area contributed by atoms with Gasteiger partial charge in [-0.3, -0.25) is 0 Å². The lowest BCUT2D eigenvalue weighted by atomic mass is 10.1. The molecule has 0 amide bonds. The molecule has 1 aromatic heterocycles. The Hall–Kier alpha value is -2.97. The average molecular weight is 410 g/mol. The molecule has 8 heteroatoms. The first-order chi connectivity index (χ1) is 13.9. The van der Waals surface area contributed by atoms with Gasteiger partial charge in [0.25, 0.3) is 0 Å². The van der Waals surface area contributed by atoms with Gasteiger partial charge in [0.05, 0.1) is 10.9 Å². The number of nitrogens with zero attached hydrogens (tertiary/aromatic N) is 2. The highest BCUT2D eigenvalue weighted by Gasteiger charge is 2.35. The molecular weight excluding hydrogens is 386 g/mol. The number of aromatic nitrogens is 2. The third-order valence-electron chi connectivity index (χ3n) is 4.84. The summed E-state index contributed by atoms with van der Waals surface area (Å²) in [6, 6.07) is 17.4. The minimum absolute atomic E-state index is 0.185. The van der Waals surface area contributed by atoms with Gasteiger partial charge in [0.1, 0.15) is 5.82 Å². The van der Waals surface area contributed by atoms with Crippen molar-refractivity contribution in [3.05, 3.63) is 65.7 Å². The van der Waals surface area contributed by atoms with Crippen molar-refractivity contribution in [2.75, 3.05) is 11.1 Å². The van der Waals surface area contributed by atoms with Crippen LogP contribution in [0.2, 0.25) is 0 Å². The van der Waals surface area contributed by atoms with Crippen LogP contribution in [0.25, 0.3) is 11.3 Å². The maximum atomic E-state index is 12.0. The predicted octanol–water partition coefficient (Wildman–Crippen LogP) is 3.36. The molecule has 0 atom stereocenters. The van der Waals surface area contributed by atoms with Crippen LogP contribution in [0.4, 0.5) is 17.5 Å². The van der Waals surface area contributed by atoms with E-state index < -0.39 is 10.0 Å². The van der Waals surface area contributed by atoms with Gasteiger partial charge in [-0.25, -0.2) is 18.1 Å². The second-order valence-corrected chi connectivity index (χ2v) is 9.21. The number of nitrogen functional groups attached to an aromatic ring is 1. The van der Waals surface area contributed by atoms with E-state index in [1.165, 1.54) is 0 Å². The van der Waals surface area contributed by atoms with E-state index in [2.05, 4.69) is 20.0 Å². The Balaban J connectivity index is 1.56. The zero-order valence-corrected chi connectivity index (χ0v) is 16.9. The van der Waals surface area contributed by atoms with Crippen LogP contribution in [0, 0.1) is 6.92 Å². The molecule has 0 radical (unpaired) electrons. The van der Waals surface area contributed by atoms with Gasteiger partial charge in [-0.15, -0.1) is 0 Å². The maximum Gasteiger partial charge on any atom is 0.222 e. The molecule has 1 saturated carbocycles. The smallest absolute Gasteiger partial charge is 0.222 e. The Morgan fingerprint density at radius 3 is 2.55 bits per heavy atom. The largest absolute Gasteiger partial charge is 0.368 e. The SMILES string of the molecule is Cc1c(Nc2cccc(CNS(=O)(=O)C3CC3)c2)nc(N)nc1-c1ccccc1. The van der Waals surface area contributed by atoms with Crippen molar-refractivity contribution >= 4 is 27.5 Å². The molecule has 0 unspecified atom stereocenters. The molecule has 2 aromatic carbocycles. The Morgan fingerprint density at radius 2 is 1.83 bits per heavy atom. The summed E-state index contributed by atoms with van der Waals surface area (Å²) in [6.07, 6.45) is 1.49. The third kappa shape index (κ3) is 4.55. The van der Waals surface area contributed by atoms with Gasteiger partial charge in [-0.2, -0.15) is 4.98 Å². The molecule has 0 bridgehead atoms. The van der Waals surface area contributed by atoms with Crippen LogP contribution < -0.4 is 15.8 Å². The fourth-order valence-corrected chi connectivity index (χ4v) is 4.47. The molecule has 1 fully saturated rings. The first kappa shape index (κ1) is 19.4. The van der Waals surface area contributed by atoms with E-state index in [1.54, 1.807) is 0 Å². The standard InChI is InChI=1S/C21H23N5O2S/c1-14-19(16-7-3-2-4-8-16)25-21(22)26-20(14)24-17-9-5-6-15(12-17)13-23-29(27,28)18-10-11-18/h2-9,12,18,23H,10-11,13H2,1H3,(H3,22,24,25,26). The number of benzene rings is 2. The van der Waals surface area contributed by atoms with E-state index >= 15 is 0 Å². The number of nitrogens with one attached hydrogen (secondary N) is 2. The van der Waals surface area contributed by atoms with Crippen LogP contribution in [-0.4, -0.2) is 23.6 Å². The van der Waals surface area contributed by atoms with Gasteiger partial charge < -0.3 is 11.1 Å². The lowest BCUT2D eigenvalue weighted by Gasteiger charge is -2.14. The zero-order chi connectivity index (χ0) is 20.4. The second kappa shape index (κ2) is 7.81. The van der Waals surface area contributed by atoms with Crippen LogP contribution in [0.5, 0.6) is 0 Å². The van der Waals surface area contributed by atoms with Crippen LogP contribution >= 0.6 is 0 Å². The summed E-state index contributed by atoms with van der Waals surface area (Å²) in [7, 11) is -3.21. The number of nitrogens with two attached hydrogens (primary N) is 1. The highest BCUT2D eigenvalue weighted by Crippen LogP contribution is 2.29. The van der Waals surface area contributed by atoms with Crippen LogP contribution in [0.15, 0.2) is 54.6 Å². The average Bonchev–Trinajstić information content (AvgIpc) is 3.56. The van der Waals surface area contributed by atoms with Gasteiger partial charge in [-0.1, -0.05) is 42.5 Å². The topological polar surface area (TPSA) is 110 Å². The molecule has 0 spiro atoms. The molecule has 4 rings (SSSR count). The van der Waals surface area contributed by atoms with Gasteiger partial charge in [-0.05, 0) is 37.5 Å². The summed E-state index contributed by atoms with van der Waals surface area (Å²) in [5, 5.41) is 3.06. The van der Waals surface area contributed by atoms with Gasteiger partial charge in [0.2, 0.25) is 16.0 Å². The third-order valence-corrected chi connectivity index (χ3v) is 6.74. The summed E-state index contributed by atoms with van der Waals surface area (Å²) < 4.78 is 26.8. The van der Waals surface area contributed by atoms with E-state index in [-0.39, 0.29) is 17.7 Å². The lowest BCUT2D eigenvalue weighted by molar-refractivity contribution is 0.580. The maximum absolute atomic E-state index is 12.0. The number of hydrogen-bond acceptors (Lipinski definition) is 6. The van der Waals surface area contributed by atoms with Crippen molar-refractivity contribution in [1.82, 2.24) is 14.7 Å². The van der Waals surface area contributed by atoms with E-state index in [1.807, 2.05) is 61.5 Å². The molecule has 0 aliphatic heterocycles. The number of sulfonamides is 1. The monoisotopic (exact) mass is 409 g/mol. The predicted molar refractivity (Wildman–Crippen MR) is 115 cm³/mol. The van der Waals surface area contributed by atoms with E-state index in [9.17, 15) is 8.42 Å². The minimum atomic E-state index is -3.21. The van der Waals surface area contributed by atoms with Crippen molar-refractivity contribution < 1.29 is 8.42 Å². The van der Waals surface area contributed by atoms with Crippen molar-refractivity contribution in [1.29, 1.82) is 0 Å². The van der Waals surface area contributed by atoms with Gasteiger partial charge in [0, 0.05) is 23.4 Å². The molecule has 29 heavy (non-hydrogen) atoms. The molecule has 4 N–H and O–H groups in total. The summed E-state index contributed by atoms with van der Waals surface area (Å²) in [5.41, 5.74) is 10.2. The van der Waals surface area contributed by atoms with Crippen molar-refractivity contribution in [3.63, 3.8) is 0 Å². The molecule has 3 aromatic rings. The van der Waals surface area contributed by atoms with Crippen LogP contribution in [0.1, 0.15) is 24.0 Å². The highest BCUT2D eigenvalue weighted by atomic mass is 32.2. The van der Waals surface area contributed by atoms with Crippen molar-refractivity contribution in [3.8, 4) is 11.3 Å². The summed E-state index contributed by atoms with van der Waals surface area (Å²) >= 11 is 0. The number of rotatable bonds is 7. The molecule has 1 aliphatic carbocycles. The van der Waals surface area contributed by atoms with Gasteiger partial charge in [0.15, 0.2) is 0 Å². The van der Waals surface area contributed by atoms with Crippen LogP contribution in [0.3, 0.4) is 0 Å². The summed E-state index contributed by atoms with van der Waals surface area (Å²) in [6.45, 7) is 2.20. The molecular formula is C21H23N5O2S. The fourth-order valence-electron chi connectivity index (χ4n) is 3.11. The molecule has 0 saturated heterocycles. The Bertz CT molecular complexity index is 1130. The first-order valence-electron chi connectivity index (χ1n) is 9.46. The summed E-state index contributed by atoms with van der Waals surface area (Å²) in [4.78, 5) is 8.74. The molecule has 150 valence electrons. The van der Waals surface area contributed by atoms with Crippen LogP contribution in [-0.2, 0) is 16.6 Å². The Labute approximate surface area is 170 Å². The first-order valence-corrected chi connectivity index (χ1v) is 11.0. The molecule has 1 aliphatic rings. The molecule has 1 heterocycles. The lowest BCUT2D eigenvalue weighted by Crippen LogP contribution is -2.26. The Kier molecular flexibility index (Phi) is 5.21. The van der Waals surface area contributed by atoms with Gasteiger partial charge >= 0.3 is 0 Å². The normalized spacial score (nSPS) is 14.0. The Morgan fingerprint density at radius 1 is 1.07 bits per heavy atom. The summed E-state index contributed by atoms with van der Waals surface area (Å²) in [5.74, 6) is 0.803. The number of hydrogen-bond donors (Lipinski definition) is 3. The highest BCUT2D eigenvalue weighted by molar-refractivity contribution is 7.90. The minimum Gasteiger partial charge on any atom is -0.368 e. The quantitative estimate of drug-likeness (QED) is 0.552. The van der Waals surface area contributed by atoms with E-state index in [4.69, 9.17) is 5.73 Å². The zero-order valence-electron chi connectivity index (χ0n) is 16.1. The fraction of sp³-hybridized carbons (Fsp3) is 0.238. The van der Waals surface area contributed by atoms with Crippen molar-refractivity contribution in [2.45, 2.75) is 31.6 Å². The van der Waals surface area contributed by atoms with E-state index in [0.29, 0.717) is 5.82 Å². The van der Waals surface area contributed by atoms with Crippen molar-refractivity contribution in [2.24, 2.45) is 0 Å². The van der Waals surface area contributed by atoms with E-state index in [0.717, 1.165) is 40.9 Å². The second-order valence-electron chi connectivity index (χ2n) is 7.16. The molecule has 7 nitrogen and oxygen atoms in total. The number of anilines is 3.